The lowest BCUT2D eigenvalue weighted by molar-refractivity contribution is 0.183. The highest BCUT2D eigenvalue weighted by molar-refractivity contribution is 5.74. The molecule has 22 heavy (non-hydrogen) atoms. The fourth-order valence-electron chi connectivity index (χ4n) is 2.00. The van der Waals surface area contributed by atoms with Crippen LogP contribution in [0.2, 0.25) is 0 Å². The van der Waals surface area contributed by atoms with Gasteiger partial charge in [0.15, 0.2) is 5.82 Å². The van der Waals surface area contributed by atoms with Crippen molar-refractivity contribution in [2.45, 2.75) is 6.54 Å². The van der Waals surface area contributed by atoms with Crippen LogP contribution in [0.25, 0.3) is 5.69 Å². The van der Waals surface area contributed by atoms with E-state index in [4.69, 9.17) is 5.11 Å². The lowest BCUT2D eigenvalue weighted by Gasteiger charge is -2.20. The van der Waals surface area contributed by atoms with E-state index in [2.05, 4.69) is 22.1 Å². The highest BCUT2D eigenvalue weighted by Crippen LogP contribution is 2.08. The normalized spacial score (nSPS) is 10.2. The molecule has 1 aromatic heterocycles. The highest BCUT2D eigenvalue weighted by atomic mass is 16.3. The van der Waals surface area contributed by atoms with Gasteiger partial charge in [0.05, 0.1) is 13.2 Å². The summed E-state index contributed by atoms with van der Waals surface area (Å²) >= 11 is 0. The summed E-state index contributed by atoms with van der Waals surface area (Å²) in [4.78, 5) is 13.5. The molecule has 2 N–H and O–H groups in total. The highest BCUT2D eigenvalue weighted by Gasteiger charge is 2.13. The van der Waals surface area contributed by atoms with Crippen molar-refractivity contribution in [3.8, 4) is 5.69 Å². The number of amides is 2. The van der Waals surface area contributed by atoms with Gasteiger partial charge in [0, 0.05) is 18.8 Å². The van der Waals surface area contributed by atoms with Crippen molar-refractivity contribution in [3.63, 3.8) is 0 Å². The van der Waals surface area contributed by atoms with Gasteiger partial charge in [-0.3, -0.25) is 4.57 Å². The molecule has 0 unspecified atom stereocenters. The van der Waals surface area contributed by atoms with Crippen LogP contribution >= 0.6 is 0 Å². The molecule has 0 fully saturated rings. The minimum Gasteiger partial charge on any atom is -0.395 e. The van der Waals surface area contributed by atoms with Crippen molar-refractivity contribution in [1.82, 2.24) is 25.0 Å². The first-order chi connectivity index (χ1) is 10.8. The van der Waals surface area contributed by atoms with E-state index in [1.165, 1.54) is 4.90 Å². The van der Waals surface area contributed by atoms with Gasteiger partial charge in [-0.05, 0) is 12.1 Å². The Morgan fingerprint density at radius 2 is 2.18 bits per heavy atom. The van der Waals surface area contributed by atoms with Crippen LogP contribution in [0, 0.1) is 0 Å². The molecule has 0 aliphatic rings. The van der Waals surface area contributed by atoms with E-state index in [-0.39, 0.29) is 25.7 Å². The lowest BCUT2D eigenvalue weighted by Crippen LogP contribution is -2.41. The molecule has 0 aliphatic heterocycles. The zero-order chi connectivity index (χ0) is 15.8. The molecule has 1 aromatic carbocycles. The van der Waals surface area contributed by atoms with Crippen LogP contribution < -0.4 is 5.32 Å². The fourth-order valence-corrected chi connectivity index (χ4v) is 2.00. The average molecular weight is 301 g/mol. The van der Waals surface area contributed by atoms with Crippen LogP contribution in [0.3, 0.4) is 0 Å². The number of urea groups is 1. The molecule has 2 amide bonds. The minimum atomic E-state index is -0.281. The van der Waals surface area contributed by atoms with Crippen molar-refractivity contribution in [2.75, 3.05) is 19.7 Å². The van der Waals surface area contributed by atoms with Crippen LogP contribution in [-0.4, -0.2) is 50.5 Å². The van der Waals surface area contributed by atoms with E-state index in [1.54, 1.807) is 12.4 Å². The summed E-state index contributed by atoms with van der Waals surface area (Å²) < 4.78 is 1.81. The average Bonchev–Trinajstić information content (AvgIpc) is 3.02. The second kappa shape index (κ2) is 7.94. The number of aliphatic hydroxyl groups excluding tert-OH is 1. The van der Waals surface area contributed by atoms with E-state index in [9.17, 15) is 4.79 Å². The SMILES string of the molecule is C=CCN(CCO)C(=O)NCc1nncn1-c1ccccc1. The van der Waals surface area contributed by atoms with Gasteiger partial charge < -0.3 is 15.3 Å². The van der Waals surface area contributed by atoms with Crippen molar-refractivity contribution in [3.05, 3.63) is 55.1 Å². The quantitative estimate of drug-likeness (QED) is 0.746. The molecule has 1 heterocycles. The summed E-state index contributed by atoms with van der Waals surface area (Å²) in [5, 5.41) is 19.7. The Hall–Kier alpha value is -2.67. The summed E-state index contributed by atoms with van der Waals surface area (Å²) in [6, 6.07) is 9.36. The first-order valence-electron chi connectivity index (χ1n) is 6.95. The standard InChI is InChI=1S/C15H19N5O2/c1-2-8-19(9-10-21)15(22)16-11-14-18-17-12-20(14)13-6-4-3-5-7-13/h2-7,12,21H,1,8-11H2,(H,16,22). The number of hydrogen-bond acceptors (Lipinski definition) is 4. The smallest absolute Gasteiger partial charge is 0.318 e. The molecule has 7 nitrogen and oxygen atoms in total. The predicted molar refractivity (Wildman–Crippen MR) is 82.5 cm³/mol. The Bertz CT molecular complexity index is 611. The van der Waals surface area contributed by atoms with Crippen LogP contribution in [0.1, 0.15) is 5.82 Å². The monoisotopic (exact) mass is 301 g/mol. The molecular formula is C15H19N5O2. The van der Waals surface area contributed by atoms with E-state index in [1.807, 2.05) is 34.9 Å². The zero-order valence-corrected chi connectivity index (χ0v) is 12.2. The van der Waals surface area contributed by atoms with Gasteiger partial charge in [-0.15, -0.1) is 16.8 Å². The van der Waals surface area contributed by atoms with Crippen LogP contribution in [0.4, 0.5) is 4.79 Å². The molecule has 0 bridgehead atoms. The largest absolute Gasteiger partial charge is 0.395 e. The molecule has 2 aromatic rings. The van der Waals surface area contributed by atoms with Gasteiger partial charge in [0.1, 0.15) is 6.33 Å². The predicted octanol–water partition coefficient (Wildman–Crippen LogP) is 0.957. The van der Waals surface area contributed by atoms with Crippen LogP contribution in [-0.2, 0) is 6.54 Å². The Labute approximate surface area is 128 Å². The number of para-hydroxylation sites is 1. The number of nitrogens with zero attached hydrogens (tertiary/aromatic N) is 4. The summed E-state index contributed by atoms with van der Waals surface area (Å²) in [5.74, 6) is 0.627. The number of benzene rings is 1. The second-order valence-electron chi connectivity index (χ2n) is 4.57. The number of aliphatic hydroxyl groups is 1. The minimum absolute atomic E-state index is 0.0958. The Morgan fingerprint density at radius 1 is 1.41 bits per heavy atom. The number of aromatic nitrogens is 3. The third-order valence-electron chi connectivity index (χ3n) is 3.06. The van der Waals surface area contributed by atoms with Gasteiger partial charge in [-0.1, -0.05) is 24.3 Å². The number of rotatable bonds is 7. The van der Waals surface area contributed by atoms with Gasteiger partial charge in [-0.25, -0.2) is 4.79 Å². The molecule has 0 atom stereocenters. The molecular weight excluding hydrogens is 282 g/mol. The molecule has 0 aliphatic carbocycles. The Morgan fingerprint density at radius 3 is 2.86 bits per heavy atom. The topological polar surface area (TPSA) is 83.3 Å². The lowest BCUT2D eigenvalue weighted by atomic mass is 10.3. The van der Waals surface area contributed by atoms with Crippen LogP contribution in [0.15, 0.2) is 49.3 Å². The van der Waals surface area contributed by atoms with Gasteiger partial charge >= 0.3 is 6.03 Å². The molecule has 2 rings (SSSR count). The number of hydrogen-bond donors (Lipinski definition) is 2. The molecule has 7 heteroatoms. The van der Waals surface area contributed by atoms with E-state index in [0.717, 1.165) is 5.69 Å². The first-order valence-corrected chi connectivity index (χ1v) is 6.95. The van der Waals surface area contributed by atoms with E-state index >= 15 is 0 Å². The van der Waals surface area contributed by atoms with Gasteiger partial charge in [-0.2, -0.15) is 0 Å². The van der Waals surface area contributed by atoms with Gasteiger partial charge in [0.2, 0.25) is 0 Å². The number of nitrogens with one attached hydrogen (secondary N) is 1. The summed E-state index contributed by atoms with van der Waals surface area (Å²) in [7, 11) is 0. The van der Waals surface area contributed by atoms with Crippen molar-refractivity contribution in [2.24, 2.45) is 0 Å². The molecule has 0 saturated carbocycles. The zero-order valence-electron chi connectivity index (χ0n) is 12.2. The number of carbonyl (C=O) groups is 1. The van der Waals surface area contributed by atoms with Crippen molar-refractivity contribution in [1.29, 1.82) is 0 Å². The van der Waals surface area contributed by atoms with Crippen molar-refractivity contribution < 1.29 is 9.90 Å². The maximum absolute atomic E-state index is 12.1. The molecule has 116 valence electrons. The molecule has 0 spiro atoms. The first kappa shape index (κ1) is 15.7. The molecule has 0 radical (unpaired) electrons. The van der Waals surface area contributed by atoms with Crippen LogP contribution in [0.5, 0.6) is 0 Å². The fraction of sp³-hybridized carbons (Fsp3) is 0.267. The van der Waals surface area contributed by atoms with Crippen molar-refractivity contribution >= 4 is 6.03 Å². The summed E-state index contributed by atoms with van der Waals surface area (Å²) in [5.41, 5.74) is 0.926. The van der Waals surface area contributed by atoms with E-state index in [0.29, 0.717) is 12.4 Å². The van der Waals surface area contributed by atoms with Gasteiger partial charge in [0.25, 0.3) is 0 Å². The second-order valence-corrected chi connectivity index (χ2v) is 4.57. The number of carbonyl (C=O) groups excluding carboxylic acids is 1. The molecule has 0 saturated heterocycles. The third-order valence-corrected chi connectivity index (χ3v) is 3.06. The summed E-state index contributed by atoms with van der Waals surface area (Å²) in [6.45, 7) is 4.37. The summed E-state index contributed by atoms with van der Waals surface area (Å²) in [6.07, 6.45) is 3.22. The maximum Gasteiger partial charge on any atom is 0.318 e. The maximum atomic E-state index is 12.1. The Kier molecular flexibility index (Phi) is 5.67. The van der Waals surface area contributed by atoms with E-state index < -0.39 is 0 Å². The third kappa shape index (κ3) is 3.92. The Balaban J connectivity index is 2.02.